The van der Waals surface area contributed by atoms with Crippen molar-refractivity contribution in [3.05, 3.63) is 11.6 Å². The quantitative estimate of drug-likeness (QED) is 0.507. The Balaban J connectivity index is 2.20. The van der Waals surface area contributed by atoms with Gasteiger partial charge in [0, 0.05) is 0 Å². The van der Waals surface area contributed by atoms with Gasteiger partial charge in [0.05, 0.1) is 0 Å². The van der Waals surface area contributed by atoms with Crippen molar-refractivity contribution in [2.24, 2.45) is 28.6 Å². The molecule has 4 atom stereocenters. The summed E-state index contributed by atoms with van der Waals surface area (Å²) in [7, 11) is 0. The van der Waals surface area contributed by atoms with Gasteiger partial charge in [-0.3, -0.25) is 0 Å². The van der Waals surface area contributed by atoms with Gasteiger partial charge in [0.15, 0.2) is 0 Å². The maximum absolute atomic E-state index is 2.62. The molecule has 0 nitrogen and oxygen atoms in total. The average molecular weight is 277 g/mol. The van der Waals surface area contributed by atoms with E-state index in [1.807, 2.05) is 0 Å². The fourth-order valence-corrected chi connectivity index (χ4v) is 5.35. The molecule has 0 N–H and O–H groups in total. The maximum Gasteiger partial charge on any atom is -0.0149 e. The highest BCUT2D eigenvalue weighted by Gasteiger charge is 2.51. The second kappa shape index (κ2) is 5.85. The Hall–Kier alpha value is -0.260. The van der Waals surface area contributed by atoms with E-state index in [4.69, 9.17) is 0 Å². The van der Waals surface area contributed by atoms with Gasteiger partial charge >= 0.3 is 0 Å². The predicted molar refractivity (Wildman–Crippen MR) is 89.8 cm³/mol. The average Bonchev–Trinajstić information content (AvgIpc) is 2.36. The van der Waals surface area contributed by atoms with Crippen LogP contribution in [0.3, 0.4) is 0 Å². The molecule has 0 amide bonds. The highest BCUT2D eigenvalue weighted by Crippen LogP contribution is 2.60. The third-order valence-electron chi connectivity index (χ3n) is 6.94. The molecule has 20 heavy (non-hydrogen) atoms. The molecule has 0 unspecified atom stereocenters. The number of hydrogen-bond acceptors (Lipinski definition) is 0. The van der Waals surface area contributed by atoms with E-state index in [9.17, 15) is 0 Å². The minimum Gasteiger partial charge on any atom is -0.0850 e. The summed E-state index contributed by atoms with van der Waals surface area (Å²) in [5.41, 5.74) is 2.80. The van der Waals surface area contributed by atoms with E-state index >= 15 is 0 Å². The van der Waals surface area contributed by atoms with Crippen LogP contribution in [0.4, 0.5) is 0 Å². The molecule has 0 aromatic carbocycles. The first-order valence-corrected chi connectivity index (χ1v) is 8.98. The molecule has 1 saturated carbocycles. The van der Waals surface area contributed by atoms with Crippen LogP contribution < -0.4 is 0 Å². The lowest BCUT2D eigenvalue weighted by molar-refractivity contribution is -0.0404. The van der Waals surface area contributed by atoms with Crippen LogP contribution in [0, 0.1) is 28.6 Å². The minimum absolute atomic E-state index is 0.540. The third kappa shape index (κ3) is 2.85. The molecule has 0 aromatic rings. The number of hydrogen-bond donors (Lipinski definition) is 0. The summed E-state index contributed by atoms with van der Waals surface area (Å²) in [5, 5.41) is 0. The van der Waals surface area contributed by atoms with Crippen molar-refractivity contribution in [2.75, 3.05) is 0 Å². The molecular formula is C20H36. The van der Waals surface area contributed by atoms with Crippen molar-refractivity contribution in [1.82, 2.24) is 0 Å². The fourth-order valence-electron chi connectivity index (χ4n) is 5.35. The molecule has 116 valence electrons. The Kier molecular flexibility index (Phi) is 4.72. The van der Waals surface area contributed by atoms with E-state index in [2.05, 4.69) is 47.6 Å². The molecule has 0 saturated heterocycles. The molecule has 0 aliphatic heterocycles. The summed E-state index contributed by atoms with van der Waals surface area (Å²) in [6.45, 7) is 14.8. The van der Waals surface area contributed by atoms with E-state index in [0.717, 1.165) is 17.8 Å². The van der Waals surface area contributed by atoms with Crippen LogP contribution >= 0.6 is 0 Å². The van der Waals surface area contributed by atoms with E-state index in [0.29, 0.717) is 10.8 Å². The largest absolute Gasteiger partial charge is 0.0850 e. The van der Waals surface area contributed by atoms with Gasteiger partial charge in [-0.15, -0.1) is 0 Å². The summed E-state index contributed by atoms with van der Waals surface area (Å²) in [6.07, 6.45) is 12.4. The molecule has 0 aromatic heterocycles. The second-order valence-electron chi connectivity index (χ2n) is 8.73. The summed E-state index contributed by atoms with van der Waals surface area (Å²) in [6, 6.07) is 0. The van der Waals surface area contributed by atoms with Crippen LogP contribution in [0.25, 0.3) is 0 Å². The third-order valence-corrected chi connectivity index (χ3v) is 6.94. The van der Waals surface area contributed by atoms with Crippen molar-refractivity contribution >= 4 is 0 Å². The lowest BCUT2D eigenvalue weighted by atomic mass is 9.48. The molecule has 0 bridgehead atoms. The molecule has 2 aliphatic carbocycles. The number of fused-ring (bicyclic) bond motifs is 1. The van der Waals surface area contributed by atoms with Crippen molar-refractivity contribution in [1.29, 1.82) is 0 Å². The van der Waals surface area contributed by atoms with Gasteiger partial charge in [-0.25, -0.2) is 0 Å². The zero-order valence-corrected chi connectivity index (χ0v) is 14.8. The van der Waals surface area contributed by atoms with Crippen molar-refractivity contribution in [2.45, 2.75) is 86.5 Å². The summed E-state index contributed by atoms with van der Waals surface area (Å²) >= 11 is 0. The molecule has 0 heterocycles. The molecule has 0 heteroatoms. The normalized spacial score (nSPS) is 38.0. The Morgan fingerprint density at radius 2 is 1.95 bits per heavy atom. The van der Waals surface area contributed by atoms with Gasteiger partial charge in [-0.2, -0.15) is 0 Å². The number of rotatable bonds is 4. The van der Waals surface area contributed by atoms with E-state index < -0.39 is 0 Å². The van der Waals surface area contributed by atoms with Crippen LogP contribution in [0.2, 0.25) is 0 Å². The zero-order chi connectivity index (χ0) is 15.0. The highest BCUT2D eigenvalue weighted by molar-refractivity contribution is 5.18. The van der Waals surface area contributed by atoms with Crippen LogP contribution in [0.15, 0.2) is 11.6 Å². The van der Waals surface area contributed by atoms with Crippen LogP contribution in [0.1, 0.15) is 86.5 Å². The van der Waals surface area contributed by atoms with E-state index in [-0.39, 0.29) is 0 Å². The monoisotopic (exact) mass is 276 g/mol. The molecule has 0 radical (unpaired) electrons. The van der Waals surface area contributed by atoms with Crippen LogP contribution in [0.5, 0.6) is 0 Å². The Morgan fingerprint density at radius 1 is 1.25 bits per heavy atom. The SMILES string of the molecule is CC[C@@H](C)CC[C@H]1C(C)=CC[C@H]2C(C)(C)CCC[C@]12C. The summed E-state index contributed by atoms with van der Waals surface area (Å²) < 4.78 is 0. The van der Waals surface area contributed by atoms with Gasteiger partial charge in [0.1, 0.15) is 0 Å². The van der Waals surface area contributed by atoms with E-state index in [1.165, 1.54) is 44.9 Å². The number of allylic oxidation sites excluding steroid dienone is 2. The Bertz CT molecular complexity index is 362. The Labute approximate surface area is 127 Å². The lowest BCUT2D eigenvalue weighted by Gasteiger charge is -2.57. The van der Waals surface area contributed by atoms with Crippen molar-refractivity contribution in [3.8, 4) is 0 Å². The highest BCUT2D eigenvalue weighted by atomic mass is 14.6. The molecular weight excluding hydrogens is 240 g/mol. The first-order valence-electron chi connectivity index (χ1n) is 8.98. The molecule has 2 aliphatic rings. The van der Waals surface area contributed by atoms with Gasteiger partial charge in [0.2, 0.25) is 0 Å². The van der Waals surface area contributed by atoms with E-state index in [1.54, 1.807) is 5.57 Å². The maximum atomic E-state index is 2.62. The van der Waals surface area contributed by atoms with Gasteiger partial charge in [0.25, 0.3) is 0 Å². The Morgan fingerprint density at radius 3 is 2.60 bits per heavy atom. The summed E-state index contributed by atoms with van der Waals surface area (Å²) in [5.74, 6) is 2.63. The first kappa shape index (κ1) is 16.1. The standard InChI is InChI=1S/C20H36/c1-7-15(2)9-11-17-16(3)10-12-18-19(4,5)13-8-14-20(17,18)6/h10,15,17-18H,7-9,11-14H2,1-6H3/t15-,17+,18+,20-/m1/s1. The van der Waals surface area contributed by atoms with Gasteiger partial charge in [-0.1, -0.05) is 65.5 Å². The molecule has 1 fully saturated rings. The van der Waals surface area contributed by atoms with Gasteiger partial charge < -0.3 is 0 Å². The second-order valence-corrected chi connectivity index (χ2v) is 8.73. The topological polar surface area (TPSA) is 0 Å². The summed E-state index contributed by atoms with van der Waals surface area (Å²) in [4.78, 5) is 0. The molecule has 0 spiro atoms. The smallest absolute Gasteiger partial charge is 0.0149 e. The molecule has 2 rings (SSSR count). The van der Waals surface area contributed by atoms with Crippen molar-refractivity contribution < 1.29 is 0 Å². The van der Waals surface area contributed by atoms with Gasteiger partial charge in [-0.05, 0) is 61.2 Å². The fraction of sp³-hybridized carbons (Fsp3) is 0.900. The minimum atomic E-state index is 0.540. The predicted octanol–water partition coefficient (Wildman–Crippen LogP) is 6.61. The zero-order valence-electron chi connectivity index (χ0n) is 14.8. The van der Waals surface area contributed by atoms with Crippen LogP contribution in [-0.2, 0) is 0 Å². The van der Waals surface area contributed by atoms with Crippen LogP contribution in [-0.4, -0.2) is 0 Å². The lowest BCUT2D eigenvalue weighted by Crippen LogP contribution is -2.48. The first-order chi connectivity index (χ1) is 9.31. The van der Waals surface area contributed by atoms with Crippen molar-refractivity contribution in [3.63, 3.8) is 0 Å².